The van der Waals surface area contributed by atoms with Gasteiger partial charge in [-0.1, -0.05) is 0 Å². The maximum absolute atomic E-state index is 13.1. The first-order valence-electron chi connectivity index (χ1n) is 8.94. The van der Waals surface area contributed by atoms with Gasteiger partial charge in [0.25, 0.3) is 5.91 Å². The maximum Gasteiger partial charge on any atom is 0.254 e. The number of primary amides is 1. The Hall–Kier alpha value is -2.97. The van der Waals surface area contributed by atoms with Crippen LogP contribution in [0.1, 0.15) is 35.7 Å². The van der Waals surface area contributed by atoms with E-state index in [9.17, 15) is 22.9 Å². The number of hydrogen-bond acceptors (Lipinski definition) is 6. The summed E-state index contributed by atoms with van der Waals surface area (Å²) in [7, 11) is -3.37. The number of carbonyl (C=O) groups excluding carboxylic acids is 1. The number of carbonyl (C=O) groups is 1. The van der Waals surface area contributed by atoms with Crippen molar-refractivity contribution in [3.8, 4) is 6.07 Å². The van der Waals surface area contributed by atoms with Crippen molar-refractivity contribution in [2.75, 3.05) is 11.6 Å². The summed E-state index contributed by atoms with van der Waals surface area (Å²) in [6, 6.07) is 7.09. The van der Waals surface area contributed by atoms with Crippen molar-refractivity contribution in [3.05, 3.63) is 41.8 Å². The topological polar surface area (TPSA) is 143 Å². The van der Waals surface area contributed by atoms with Crippen molar-refractivity contribution in [2.45, 2.75) is 31.3 Å². The third-order valence-corrected chi connectivity index (χ3v) is 5.57. The van der Waals surface area contributed by atoms with E-state index >= 15 is 0 Å². The second-order valence-corrected chi connectivity index (χ2v) is 8.85. The molecular weight excluding hydrogens is 399 g/mol. The highest BCUT2D eigenvalue weighted by atomic mass is 32.2. The van der Waals surface area contributed by atoms with Crippen LogP contribution in [0.2, 0.25) is 0 Å². The number of amides is 1. The van der Waals surface area contributed by atoms with Gasteiger partial charge in [0.1, 0.15) is 11.4 Å². The first kappa shape index (κ1) is 20.8. The van der Waals surface area contributed by atoms with Gasteiger partial charge in [-0.3, -0.25) is 9.48 Å². The first-order valence-corrected chi connectivity index (χ1v) is 10.8. The summed E-state index contributed by atoms with van der Waals surface area (Å²) in [5.41, 5.74) is 6.13. The van der Waals surface area contributed by atoms with Gasteiger partial charge in [-0.2, -0.15) is 10.4 Å². The zero-order valence-electron chi connectivity index (χ0n) is 15.7. The maximum atomic E-state index is 13.1. The van der Waals surface area contributed by atoms with Gasteiger partial charge >= 0.3 is 0 Å². The Bertz CT molecular complexity index is 1040. The van der Waals surface area contributed by atoms with Crippen LogP contribution in [0, 0.1) is 23.1 Å². The molecule has 2 aromatic rings. The lowest BCUT2D eigenvalue weighted by molar-refractivity contribution is 0.100. The van der Waals surface area contributed by atoms with E-state index in [2.05, 4.69) is 21.2 Å². The van der Waals surface area contributed by atoms with Crippen LogP contribution in [-0.4, -0.2) is 36.4 Å². The number of nitrogens with one attached hydrogen (secondary N) is 2. The molecule has 4 N–H and O–H groups in total. The molecule has 0 spiro atoms. The van der Waals surface area contributed by atoms with Crippen LogP contribution < -0.4 is 15.8 Å². The van der Waals surface area contributed by atoms with Crippen LogP contribution in [0.4, 0.5) is 15.9 Å². The molecule has 0 bridgehead atoms. The van der Waals surface area contributed by atoms with E-state index in [1.165, 1.54) is 35.1 Å². The molecule has 0 radical (unpaired) electrons. The summed E-state index contributed by atoms with van der Waals surface area (Å²) in [6.45, 7) is 0. The van der Waals surface area contributed by atoms with Crippen molar-refractivity contribution in [1.82, 2.24) is 14.5 Å². The lowest BCUT2D eigenvalue weighted by Gasteiger charge is -2.32. The second kappa shape index (κ2) is 8.18. The molecule has 1 amide bonds. The molecule has 1 heterocycles. The van der Waals surface area contributed by atoms with Crippen molar-refractivity contribution in [2.24, 2.45) is 11.7 Å². The van der Waals surface area contributed by atoms with Crippen LogP contribution in [0.3, 0.4) is 0 Å². The number of nitrogens with two attached hydrogens (primary N) is 1. The third-order valence-electron chi connectivity index (χ3n) is 4.80. The van der Waals surface area contributed by atoms with Crippen molar-refractivity contribution >= 4 is 27.4 Å². The largest absolute Gasteiger partial charge is 0.365 e. The monoisotopic (exact) mass is 420 g/mol. The smallest absolute Gasteiger partial charge is 0.254 e. The van der Waals surface area contributed by atoms with Gasteiger partial charge in [0.15, 0.2) is 5.82 Å². The molecule has 29 heavy (non-hydrogen) atoms. The zero-order valence-corrected chi connectivity index (χ0v) is 16.5. The van der Waals surface area contributed by atoms with E-state index in [4.69, 9.17) is 5.73 Å². The summed E-state index contributed by atoms with van der Waals surface area (Å²) in [4.78, 5) is 11.8. The summed E-state index contributed by atoms with van der Waals surface area (Å²) in [5.74, 6) is -1.38. The molecule has 11 heteroatoms. The van der Waals surface area contributed by atoms with Crippen molar-refractivity contribution in [1.29, 1.82) is 5.26 Å². The Balaban J connectivity index is 1.84. The number of rotatable bonds is 6. The molecule has 3 rings (SSSR count). The summed E-state index contributed by atoms with van der Waals surface area (Å²) < 4.78 is 40.1. The quantitative estimate of drug-likeness (QED) is 0.648. The summed E-state index contributed by atoms with van der Waals surface area (Å²) >= 11 is 0. The van der Waals surface area contributed by atoms with Crippen LogP contribution in [0.25, 0.3) is 0 Å². The van der Waals surface area contributed by atoms with Crippen molar-refractivity contribution < 1.29 is 17.6 Å². The predicted octanol–water partition coefficient (Wildman–Crippen LogP) is 1.65. The predicted molar refractivity (Wildman–Crippen MR) is 104 cm³/mol. The van der Waals surface area contributed by atoms with Crippen LogP contribution >= 0.6 is 0 Å². The average Bonchev–Trinajstić information content (AvgIpc) is 3.06. The summed E-state index contributed by atoms with van der Waals surface area (Å²) in [5, 5.41) is 16.9. The molecule has 1 fully saturated rings. The third kappa shape index (κ3) is 5.10. The minimum absolute atomic E-state index is 0.141. The highest BCUT2D eigenvalue weighted by molar-refractivity contribution is 7.88. The fourth-order valence-corrected chi connectivity index (χ4v) is 4.34. The lowest BCUT2D eigenvalue weighted by atomic mass is 9.83. The molecule has 3 atom stereocenters. The standard InChI is InChI=1S/C18H21FN6O3S/c1-29(27,28)24-14-6-7-16(11(8-14)9-20)25-10-15(17(21)26)18(23-25)22-13-4-2-12(19)3-5-13/h2-5,10-11,14,16,24H,6-8H2,1H3,(H2,21,26)(H,22,23)/t11-,14?,16+/m1/s1. The molecule has 154 valence electrons. The van der Waals surface area contributed by atoms with E-state index in [1.807, 2.05) is 0 Å². The Labute approximate surface area is 167 Å². The van der Waals surface area contributed by atoms with Crippen LogP contribution in [-0.2, 0) is 10.0 Å². The first-order chi connectivity index (χ1) is 13.7. The Morgan fingerprint density at radius 1 is 1.34 bits per heavy atom. The SMILES string of the molecule is CS(=O)(=O)NC1CC[C@H](n2cc(C(N)=O)c(Nc3ccc(F)cc3)n2)[C@@H](C#N)C1. The van der Waals surface area contributed by atoms with Gasteiger partial charge in [-0.25, -0.2) is 17.5 Å². The number of aromatic nitrogens is 2. The Kier molecular flexibility index (Phi) is 5.86. The molecule has 0 saturated heterocycles. The minimum Gasteiger partial charge on any atom is -0.365 e. The molecule has 9 nitrogen and oxygen atoms in total. The Morgan fingerprint density at radius 2 is 2.03 bits per heavy atom. The normalized spacial score (nSPS) is 22.0. The number of hydrogen-bond donors (Lipinski definition) is 3. The van der Waals surface area contributed by atoms with Gasteiger partial charge in [0.05, 0.1) is 24.3 Å². The molecule has 1 aliphatic rings. The fraction of sp³-hybridized carbons (Fsp3) is 0.389. The fourth-order valence-electron chi connectivity index (χ4n) is 3.52. The summed E-state index contributed by atoms with van der Waals surface area (Å²) in [6.07, 6.45) is 3.93. The van der Waals surface area contributed by atoms with Gasteiger partial charge in [0, 0.05) is 17.9 Å². The number of nitriles is 1. The van der Waals surface area contributed by atoms with Crippen molar-refractivity contribution in [3.63, 3.8) is 0 Å². The molecule has 0 aliphatic heterocycles. The molecule has 1 aromatic carbocycles. The molecule has 1 aliphatic carbocycles. The zero-order chi connectivity index (χ0) is 21.2. The number of halogens is 1. The second-order valence-electron chi connectivity index (χ2n) is 7.07. The number of benzene rings is 1. The van der Waals surface area contributed by atoms with Gasteiger partial charge < -0.3 is 11.1 Å². The van der Waals surface area contributed by atoms with Crippen LogP contribution in [0.5, 0.6) is 0 Å². The van der Waals surface area contributed by atoms with E-state index in [0.29, 0.717) is 24.9 Å². The molecular formula is C18H21FN6O3S. The molecule has 1 saturated carbocycles. The van der Waals surface area contributed by atoms with Crippen LogP contribution in [0.15, 0.2) is 30.5 Å². The Morgan fingerprint density at radius 3 is 2.62 bits per heavy atom. The highest BCUT2D eigenvalue weighted by Gasteiger charge is 2.34. The number of sulfonamides is 1. The highest BCUT2D eigenvalue weighted by Crippen LogP contribution is 2.35. The lowest BCUT2D eigenvalue weighted by Crippen LogP contribution is -2.40. The van der Waals surface area contributed by atoms with Gasteiger partial charge in [-0.05, 0) is 43.5 Å². The minimum atomic E-state index is -3.37. The molecule has 1 aromatic heterocycles. The van der Waals surface area contributed by atoms with E-state index in [0.717, 1.165) is 6.26 Å². The van der Waals surface area contributed by atoms with Gasteiger partial charge in [-0.15, -0.1) is 0 Å². The average molecular weight is 420 g/mol. The van der Waals surface area contributed by atoms with Gasteiger partial charge in [0.2, 0.25) is 10.0 Å². The van der Waals surface area contributed by atoms with E-state index in [1.54, 1.807) is 0 Å². The van der Waals surface area contributed by atoms with E-state index < -0.39 is 27.7 Å². The number of anilines is 2. The number of nitrogens with zero attached hydrogens (tertiary/aromatic N) is 3. The van der Waals surface area contributed by atoms with E-state index in [-0.39, 0.29) is 23.5 Å². The molecule has 1 unspecified atom stereocenters.